The van der Waals surface area contributed by atoms with Crippen LogP contribution >= 0.6 is 0 Å². The summed E-state index contributed by atoms with van der Waals surface area (Å²) in [7, 11) is -1.10. The van der Waals surface area contributed by atoms with Gasteiger partial charge in [0.15, 0.2) is 0 Å². The van der Waals surface area contributed by atoms with E-state index >= 15 is 0 Å². The minimum Gasteiger partial charge on any atom is -0.444 e. The van der Waals surface area contributed by atoms with E-state index in [1.54, 1.807) is 4.90 Å². The van der Waals surface area contributed by atoms with E-state index in [0.29, 0.717) is 13.1 Å². The van der Waals surface area contributed by atoms with E-state index in [1.807, 2.05) is 47.7 Å². The Labute approximate surface area is 130 Å². The van der Waals surface area contributed by atoms with Gasteiger partial charge in [0.05, 0.1) is 4.75 Å². The van der Waals surface area contributed by atoms with E-state index in [-0.39, 0.29) is 10.8 Å². The van der Waals surface area contributed by atoms with Gasteiger partial charge < -0.3 is 14.4 Å². The molecule has 1 saturated heterocycles. The van der Waals surface area contributed by atoms with Crippen molar-refractivity contribution in [2.45, 2.75) is 64.7 Å². The van der Waals surface area contributed by atoms with Crippen LogP contribution in [0.4, 0.5) is 4.79 Å². The van der Waals surface area contributed by atoms with Crippen molar-refractivity contribution in [3.63, 3.8) is 0 Å². The molecule has 1 aliphatic heterocycles. The van der Waals surface area contributed by atoms with Crippen molar-refractivity contribution in [2.24, 2.45) is 0 Å². The summed E-state index contributed by atoms with van der Waals surface area (Å²) in [4.78, 5) is 13.7. The van der Waals surface area contributed by atoms with Gasteiger partial charge in [-0.3, -0.25) is 0 Å². The normalized spacial score (nSPS) is 18.2. The average Bonchev–Trinajstić information content (AvgIpc) is 2.33. The average molecular weight is 316 g/mol. The number of likely N-dealkylation sites (tertiary alicyclic amines) is 1. The molecule has 122 valence electrons. The van der Waals surface area contributed by atoms with Crippen LogP contribution in [0.15, 0.2) is 11.8 Å². The van der Waals surface area contributed by atoms with Gasteiger partial charge in [0.1, 0.15) is 16.6 Å². The van der Waals surface area contributed by atoms with Crippen LogP contribution in [-0.4, -0.2) is 38.6 Å². The van der Waals surface area contributed by atoms with E-state index in [0.717, 1.165) is 12.8 Å². The highest BCUT2D eigenvalue weighted by Gasteiger charge is 2.25. The molecule has 0 saturated carbocycles. The highest BCUT2D eigenvalue weighted by atomic mass is 32.2. The number of nitrogens with one attached hydrogen (secondary N) is 1. The monoisotopic (exact) mass is 316 g/mol. The van der Waals surface area contributed by atoms with Gasteiger partial charge >= 0.3 is 6.09 Å². The van der Waals surface area contributed by atoms with Crippen LogP contribution in [0.2, 0.25) is 0 Å². The molecule has 0 radical (unpaired) electrons. The molecular formula is C15H28N2O3S. The number of rotatable bonds is 2. The summed E-state index contributed by atoms with van der Waals surface area (Å²) in [6.07, 6.45) is 3.15. The van der Waals surface area contributed by atoms with E-state index < -0.39 is 16.6 Å². The maximum absolute atomic E-state index is 11.9. The number of carbonyl (C=O) groups is 1. The smallest absolute Gasteiger partial charge is 0.410 e. The summed E-state index contributed by atoms with van der Waals surface area (Å²) < 4.78 is 19.9. The number of hydrogen-bond donors (Lipinski definition) is 1. The zero-order valence-electron chi connectivity index (χ0n) is 14.0. The van der Waals surface area contributed by atoms with Crippen LogP contribution in [0.5, 0.6) is 0 Å². The zero-order valence-corrected chi connectivity index (χ0v) is 14.8. The summed E-state index contributed by atoms with van der Waals surface area (Å²) in [6.45, 7) is 12.7. The topological polar surface area (TPSA) is 58.6 Å². The zero-order chi connectivity index (χ0) is 16.3. The van der Waals surface area contributed by atoms with Crippen molar-refractivity contribution < 1.29 is 13.7 Å². The lowest BCUT2D eigenvalue weighted by atomic mass is 10.1. The Bertz CT molecular complexity index is 423. The van der Waals surface area contributed by atoms with Gasteiger partial charge in [-0.1, -0.05) is 5.57 Å². The lowest BCUT2D eigenvalue weighted by molar-refractivity contribution is 0.0236. The Balaban J connectivity index is 2.45. The summed E-state index contributed by atoms with van der Waals surface area (Å²) in [5.41, 5.74) is 0.727. The van der Waals surface area contributed by atoms with Gasteiger partial charge in [-0.2, -0.15) is 0 Å². The Hall–Kier alpha value is -1.04. The van der Waals surface area contributed by atoms with E-state index in [4.69, 9.17) is 4.74 Å². The fraction of sp³-hybridized carbons (Fsp3) is 0.800. The summed E-state index contributed by atoms with van der Waals surface area (Å²) in [5.74, 6) is 0. The number of amides is 1. The molecule has 1 heterocycles. The minimum atomic E-state index is -1.10. The van der Waals surface area contributed by atoms with Gasteiger partial charge in [0.2, 0.25) is 0 Å². The van der Waals surface area contributed by atoms with E-state index in [9.17, 15) is 9.00 Å². The van der Waals surface area contributed by atoms with Crippen LogP contribution in [-0.2, 0) is 15.7 Å². The minimum absolute atomic E-state index is 0.257. The first kappa shape index (κ1) is 18.0. The molecule has 0 spiro atoms. The Morgan fingerprint density at radius 1 is 1.19 bits per heavy atom. The SMILES string of the molecule is CC(C)(C)OC(=O)N1CCC(=CNS(=O)C(C)(C)C)CC1. The largest absolute Gasteiger partial charge is 0.444 e. The van der Waals surface area contributed by atoms with Gasteiger partial charge in [-0.05, 0) is 54.4 Å². The fourth-order valence-corrected chi connectivity index (χ4v) is 2.39. The molecule has 1 aliphatic rings. The molecule has 1 amide bonds. The highest BCUT2D eigenvalue weighted by Crippen LogP contribution is 2.19. The van der Waals surface area contributed by atoms with Gasteiger partial charge in [0.25, 0.3) is 0 Å². The third-order valence-electron chi connectivity index (χ3n) is 2.98. The number of carbonyl (C=O) groups excluding carboxylic acids is 1. The van der Waals surface area contributed by atoms with Gasteiger partial charge in [-0.25, -0.2) is 9.00 Å². The second kappa shape index (κ2) is 6.81. The Kier molecular flexibility index (Phi) is 5.84. The van der Waals surface area contributed by atoms with Crippen molar-refractivity contribution in [1.82, 2.24) is 9.62 Å². The molecule has 0 aliphatic carbocycles. The summed E-state index contributed by atoms with van der Waals surface area (Å²) >= 11 is 0. The quantitative estimate of drug-likeness (QED) is 0.852. The Morgan fingerprint density at radius 2 is 1.71 bits per heavy atom. The molecule has 0 bridgehead atoms. The van der Waals surface area contributed by atoms with Crippen molar-refractivity contribution >= 4 is 17.1 Å². The van der Waals surface area contributed by atoms with Crippen LogP contribution < -0.4 is 4.72 Å². The number of nitrogens with zero attached hydrogens (tertiary/aromatic N) is 1. The van der Waals surface area contributed by atoms with Crippen LogP contribution in [0.3, 0.4) is 0 Å². The second-order valence-electron chi connectivity index (χ2n) is 7.27. The molecular weight excluding hydrogens is 288 g/mol. The molecule has 0 aromatic carbocycles. The predicted molar refractivity (Wildman–Crippen MR) is 86.2 cm³/mol. The first-order valence-corrected chi connectivity index (χ1v) is 8.48. The highest BCUT2D eigenvalue weighted by molar-refractivity contribution is 7.84. The van der Waals surface area contributed by atoms with Gasteiger partial charge in [0, 0.05) is 19.3 Å². The van der Waals surface area contributed by atoms with Crippen LogP contribution in [0.25, 0.3) is 0 Å². The molecule has 1 rings (SSSR count). The molecule has 1 fully saturated rings. The van der Waals surface area contributed by atoms with Crippen molar-refractivity contribution in [3.05, 3.63) is 11.8 Å². The van der Waals surface area contributed by atoms with Crippen molar-refractivity contribution in [2.75, 3.05) is 13.1 Å². The second-order valence-corrected chi connectivity index (χ2v) is 9.27. The molecule has 21 heavy (non-hydrogen) atoms. The van der Waals surface area contributed by atoms with Crippen LogP contribution in [0.1, 0.15) is 54.4 Å². The van der Waals surface area contributed by atoms with Crippen molar-refractivity contribution in [3.8, 4) is 0 Å². The third-order valence-corrected chi connectivity index (χ3v) is 4.43. The molecule has 0 aromatic heterocycles. The lowest BCUT2D eigenvalue weighted by Gasteiger charge is -2.31. The maximum Gasteiger partial charge on any atom is 0.410 e. The maximum atomic E-state index is 11.9. The molecule has 1 unspecified atom stereocenters. The van der Waals surface area contributed by atoms with E-state index in [2.05, 4.69) is 4.72 Å². The standard InChI is InChI=1S/C15H28N2O3S/c1-14(2,3)20-13(18)17-9-7-12(8-10-17)11-16-21(19)15(4,5)6/h11,16H,7-10H2,1-6H3. The molecule has 6 heteroatoms. The first-order chi connectivity index (χ1) is 9.49. The molecule has 0 aromatic rings. The fourth-order valence-electron chi connectivity index (χ4n) is 1.76. The van der Waals surface area contributed by atoms with E-state index in [1.165, 1.54) is 5.57 Å². The number of hydrogen-bond acceptors (Lipinski definition) is 3. The Morgan fingerprint density at radius 3 is 2.14 bits per heavy atom. The first-order valence-electron chi connectivity index (χ1n) is 7.33. The third kappa shape index (κ3) is 6.50. The summed E-state index contributed by atoms with van der Waals surface area (Å²) in [5, 5.41) is 0. The number of ether oxygens (including phenoxy) is 1. The molecule has 1 atom stereocenters. The lowest BCUT2D eigenvalue weighted by Crippen LogP contribution is -2.40. The van der Waals surface area contributed by atoms with Crippen LogP contribution in [0, 0.1) is 0 Å². The molecule has 5 nitrogen and oxygen atoms in total. The predicted octanol–water partition coefficient (Wildman–Crippen LogP) is 2.95. The number of piperidine rings is 1. The molecule has 1 N–H and O–H groups in total. The van der Waals surface area contributed by atoms with Crippen molar-refractivity contribution in [1.29, 1.82) is 0 Å². The van der Waals surface area contributed by atoms with Gasteiger partial charge in [-0.15, -0.1) is 0 Å². The summed E-state index contributed by atoms with van der Waals surface area (Å²) in [6, 6.07) is 0.